The van der Waals surface area contributed by atoms with Gasteiger partial charge in [-0.15, -0.1) is 0 Å². The molecular formula is C5H11NOS. The molecule has 0 aromatic rings. The third kappa shape index (κ3) is 1.16. The average molecular weight is 133 g/mol. The van der Waals surface area contributed by atoms with E-state index in [1.54, 1.807) is 0 Å². The van der Waals surface area contributed by atoms with E-state index < -0.39 is 0 Å². The summed E-state index contributed by atoms with van der Waals surface area (Å²) >= 11 is 3.62. The normalized spacial score (nSPS) is 24.8. The maximum absolute atomic E-state index is 5.74. The molecule has 0 aromatic carbocycles. The van der Waals surface area contributed by atoms with Gasteiger partial charge in [-0.3, -0.25) is 0 Å². The SMILES string of the molecule is NC1(COS)CCC1. The Morgan fingerprint density at radius 1 is 1.62 bits per heavy atom. The van der Waals surface area contributed by atoms with Crippen molar-refractivity contribution in [2.24, 2.45) is 5.73 Å². The predicted octanol–water partition coefficient (Wildman–Crippen LogP) is 0.729. The van der Waals surface area contributed by atoms with Crippen molar-refractivity contribution in [3.8, 4) is 0 Å². The highest BCUT2D eigenvalue weighted by atomic mass is 32.1. The lowest BCUT2D eigenvalue weighted by atomic mass is 9.79. The lowest BCUT2D eigenvalue weighted by molar-refractivity contribution is 0.161. The Balaban J connectivity index is 2.20. The molecule has 0 unspecified atom stereocenters. The van der Waals surface area contributed by atoms with Crippen molar-refractivity contribution < 1.29 is 4.18 Å². The fourth-order valence-electron chi connectivity index (χ4n) is 0.904. The van der Waals surface area contributed by atoms with Crippen molar-refractivity contribution >= 4 is 12.9 Å². The molecule has 0 aliphatic heterocycles. The topological polar surface area (TPSA) is 35.2 Å². The Labute approximate surface area is 55.0 Å². The number of nitrogens with two attached hydrogens (primary N) is 1. The molecule has 0 spiro atoms. The highest BCUT2D eigenvalue weighted by molar-refractivity contribution is 7.75. The molecule has 8 heavy (non-hydrogen) atoms. The second kappa shape index (κ2) is 2.25. The van der Waals surface area contributed by atoms with E-state index >= 15 is 0 Å². The van der Waals surface area contributed by atoms with Crippen LogP contribution in [0, 0.1) is 0 Å². The van der Waals surface area contributed by atoms with E-state index in [1.165, 1.54) is 6.42 Å². The van der Waals surface area contributed by atoms with Crippen molar-refractivity contribution in [1.82, 2.24) is 0 Å². The summed E-state index contributed by atoms with van der Waals surface area (Å²) in [5.41, 5.74) is 5.71. The Bertz CT molecular complexity index is 82.5. The molecule has 3 heteroatoms. The summed E-state index contributed by atoms with van der Waals surface area (Å²) in [6, 6.07) is 0. The Kier molecular flexibility index (Phi) is 1.80. The minimum Gasteiger partial charge on any atom is -0.323 e. The standard InChI is InChI=1S/C5H11NOS/c6-5(4-7-8)2-1-3-5/h8H,1-4,6H2. The molecule has 0 heterocycles. The number of thiol groups is 1. The van der Waals surface area contributed by atoms with Crippen LogP contribution in [-0.4, -0.2) is 12.1 Å². The van der Waals surface area contributed by atoms with E-state index in [9.17, 15) is 0 Å². The first-order chi connectivity index (χ1) is 3.77. The van der Waals surface area contributed by atoms with Crippen LogP contribution >= 0.6 is 12.9 Å². The average Bonchev–Trinajstić information content (AvgIpc) is 1.64. The first-order valence-electron chi connectivity index (χ1n) is 2.82. The zero-order chi connectivity index (χ0) is 6.04. The van der Waals surface area contributed by atoms with Crippen molar-refractivity contribution in [2.45, 2.75) is 24.8 Å². The van der Waals surface area contributed by atoms with Crippen LogP contribution in [0.25, 0.3) is 0 Å². The molecule has 1 fully saturated rings. The van der Waals surface area contributed by atoms with Gasteiger partial charge in [0.2, 0.25) is 0 Å². The molecule has 2 nitrogen and oxygen atoms in total. The van der Waals surface area contributed by atoms with Crippen LogP contribution in [0.5, 0.6) is 0 Å². The fraction of sp³-hybridized carbons (Fsp3) is 1.00. The van der Waals surface area contributed by atoms with E-state index in [1.807, 2.05) is 0 Å². The van der Waals surface area contributed by atoms with Crippen LogP contribution < -0.4 is 5.73 Å². The van der Waals surface area contributed by atoms with Crippen LogP contribution in [-0.2, 0) is 4.18 Å². The van der Waals surface area contributed by atoms with Crippen LogP contribution in [0.15, 0.2) is 0 Å². The zero-order valence-electron chi connectivity index (χ0n) is 4.76. The van der Waals surface area contributed by atoms with E-state index in [4.69, 9.17) is 5.73 Å². The van der Waals surface area contributed by atoms with Crippen molar-refractivity contribution in [1.29, 1.82) is 0 Å². The molecule has 1 aliphatic rings. The third-order valence-electron chi connectivity index (χ3n) is 1.70. The van der Waals surface area contributed by atoms with Gasteiger partial charge in [0.1, 0.15) is 0 Å². The molecule has 1 saturated carbocycles. The molecule has 1 aliphatic carbocycles. The second-order valence-electron chi connectivity index (χ2n) is 2.49. The number of hydrogen-bond acceptors (Lipinski definition) is 3. The summed E-state index contributed by atoms with van der Waals surface area (Å²) in [6.07, 6.45) is 3.43. The van der Waals surface area contributed by atoms with Crippen LogP contribution in [0.4, 0.5) is 0 Å². The van der Waals surface area contributed by atoms with Crippen molar-refractivity contribution in [2.75, 3.05) is 6.61 Å². The summed E-state index contributed by atoms with van der Waals surface area (Å²) < 4.78 is 4.62. The minimum absolute atomic E-state index is 0.0260. The van der Waals surface area contributed by atoms with Crippen LogP contribution in [0.2, 0.25) is 0 Å². The van der Waals surface area contributed by atoms with E-state index in [2.05, 4.69) is 17.1 Å². The quantitative estimate of drug-likeness (QED) is 0.430. The molecule has 0 radical (unpaired) electrons. The van der Waals surface area contributed by atoms with Crippen molar-refractivity contribution in [3.05, 3.63) is 0 Å². The monoisotopic (exact) mass is 133 g/mol. The molecular weight excluding hydrogens is 122 g/mol. The molecule has 0 saturated heterocycles. The zero-order valence-corrected chi connectivity index (χ0v) is 5.66. The first-order valence-corrected chi connectivity index (χ1v) is 3.19. The van der Waals surface area contributed by atoms with Gasteiger partial charge in [0.15, 0.2) is 0 Å². The molecule has 2 N–H and O–H groups in total. The highest BCUT2D eigenvalue weighted by Gasteiger charge is 2.32. The summed E-state index contributed by atoms with van der Waals surface area (Å²) in [5.74, 6) is 0. The first kappa shape index (κ1) is 6.39. The second-order valence-corrected chi connectivity index (χ2v) is 2.75. The van der Waals surface area contributed by atoms with Crippen LogP contribution in [0.1, 0.15) is 19.3 Å². The molecule has 0 bridgehead atoms. The van der Waals surface area contributed by atoms with E-state index in [-0.39, 0.29) is 5.54 Å². The fourth-order valence-corrected chi connectivity index (χ4v) is 1.16. The summed E-state index contributed by atoms with van der Waals surface area (Å²) in [5, 5.41) is 0. The van der Waals surface area contributed by atoms with Gasteiger partial charge in [-0.1, -0.05) is 0 Å². The lowest BCUT2D eigenvalue weighted by Gasteiger charge is -2.36. The predicted molar refractivity (Wildman–Crippen MR) is 35.7 cm³/mol. The smallest absolute Gasteiger partial charge is 0.0790 e. The lowest BCUT2D eigenvalue weighted by Crippen LogP contribution is -2.49. The van der Waals surface area contributed by atoms with Crippen LogP contribution in [0.3, 0.4) is 0 Å². The Morgan fingerprint density at radius 2 is 2.25 bits per heavy atom. The van der Waals surface area contributed by atoms with E-state index in [0.717, 1.165) is 12.8 Å². The molecule has 1 rings (SSSR count). The van der Waals surface area contributed by atoms with Gasteiger partial charge < -0.3 is 9.92 Å². The summed E-state index contributed by atoms with van der Waals surface area (Å²) in [7, 11) is 0. The molecule has 0 atom stereocenters. The maximum Gasteiger partial charge on any atom is 0.0790 e. The number of rotatable bonds is 2. The largest absolute Gasteiger partial charge is 0.323 e. The Hall–Kier alpha value is 0.270. The Morgan fingerprint density at radius 3 is 2.38 bits per heavy atom. The highest BCUT2D eigenvalue weighted by Crippen LogP contribution is 2.29. The third-order valence-corrected chi connectivity index (χ3v) is 1.83. The van der Waals surface area contributed by atoms with Gasteiger partial charge in [-0.25, -0.2) is 0 Å². The molecule has 0 aromatic heterocycles. The summed E-state index contributed by atoms with van der Waals surface area (Å²) in [6.45, 7) is 0.593. The maximum atomic E-state index is 5.74. The van der Waals surface area contributed by atoms with Crippen molar-refractivity contribution in [3.63, 3.8) is 0 Å². The van der Waals surface area contributed by atoms with Gasteiger partial charge in [0, 0.05) is 5.54 Å². The van der Waals surface area contributed by atoms with Gasteiger partial charge in [0.25, 0.3) is 0 Å². The van der Waals surface area contributed by atoms with Gasteiger partial charge in [-0.2, -0.15) is 0 Å². The van der Waals surface area contributed by atoms with Gasteiger partial charge in [-0.05, 0) is 32.2 Å². The van der Waals surface area contributed by atoms with E-state index in [0.29, 0.717) is 6.61 Å². The van der Waals surface area contributed by atoms with Gasteiger partial charge >= 0.3 is 0 Å². The number of hydrogen-bond donors (Lipinski definition) is 2. The summed E-state index contributed by atoms with van der Waals surface area (Å²) in [4.78, 5) is 0. The molecule has 0 amide bonds. The minimum atomic E-state index is -0.0260. The molecule has 48 valence electrons. The van der Waals surface area contributed by atoms with Gasteiger partial charge in [0.05, 0.1) is 6.61 Å².